The number of benzene rings is 2. The number of anilines is 1. The molecule has 0 unspecified atom stereocenters. The van der Waals surface area contributed by atoms with Gasteiger partial charge in [-0.15, -0.1) is 0 Å². The Bertz CT molecular complexity index is 801. The lowest BCUT2D eigenvalue weighted by Crippen LogP contribution is -2.28. The molecule has 1 heterocycles. The molecule has 1 atom stereocenters. The normalized spacial score (nSPS) is 19.1. The molecule has 2 aliphatic rings. The number of hydrogen-bond donors (Lipinski definition) is 1. The molecule has 4 nitrogen and oxygen atoms in total. The summed E-state index contributed by atoms with van der Waals surface area (Å²) in [4.78, 5) is 26.6. The third kappa shape index (κ3) is 3.43. The summed E-state index contributed by atoms with van der Waals surface area (Å²) in [5, 5.41) is 3.00. The van der Waals surface area contributed by atoms with Crippen molar-refractivity contribution in [3.8, 4) is 0 Å². The van der Waals surface area contributed by atoms with Crippen LogP contribution in [0.4, 0.5) is 5.69 Å². The molecule has 2 amide bonds. The summed E-state index contributed by atoms with van der Waals surface area (Å²) >= 11 is 0. The van der Waals surface area contributed by atoms with Crippen molar-refractivity contribution in [2.24, 2.45) is 5.92 Å². The first-order valence-electron chi connectivity index (χ1n) is 8.93. The lowest BCUT2D eigenvalue weighted by Gasteiger charge is -2.16. The number of fused-ring (bicyclic) bond motifs is 1. The van der Waals surface area contributed by atoms with E-state index in [1.54, 1.807) is 4.90 Å². The number of nitrogens with one attached hydrogen (secondary N) is 1. The number of hydrogen-bond acceptors (Lipinski definition) is 2. The average molecular weight is 334 g/mol. The maximum Gasteiger partial charge on any atom is 0.229 e. The van der Waals surface area contributed by atoms with Gasteiger partial charge in [-0.3, -0.25) is 9.59 Å². The summed E-state index contributed by atoms with van der Waals surface area (Å²) in [5.74, 6) is -0.274. The van der Waals surface area contributed by atoms with Gasteiger partial charge in [-0.1, -0.05) is 36.4 Å². The summed E-state index contributed by atoms with van der Waals surface area (Å²) in [6.45, 7) is 1.06. The molecule has 0 bridgehead atoms. The highest BCUT2D eigenvalue weighted by Crippen LogP contribution is 2.26. The van der Waals surface area contributed by atoms with E-state index >= 15 is 0 Å². The zero-order chi connectivity index (χ0) is 17.2. The predicted octanol–water partition coefficient (Wildman–Crippen LogP) is 3.16. The van der Waals surface area contributed by atoms with Gasteiger partial charge in [0.15, 0.2) is 0 Å². The number of rotatable bonds is 4. The van der Waals surface area contributed by atoms with Crippen LogP contribution >= 0.6 is 0 Å². The van der Waals surface area contributed by atoms with Gasteiger partial charge >= 0.3 is 0 Å². The third-order valence-corrected chi connectivity index (χ3v) is 5.17. The second kappa shape index (κ2) is 6.71. The Morgan fingerprint density at radius 3 is 2.72 bits per heavy atom. The summed E-state index contributed by atoms with van der Waals surface area (Å²) in [5.41, 5.74) is 4.67. The molecule has 1 N–H and O–H groups in total. The lowest BCUT2D eigenvalue weighted by molar-refractivity contribution is -0.128. The smallest absolute Gasteiger partial charge is 0.229 e. The molecule has 1 aliphatic carbocycles. The summed E-state index contributed by atoms with van der Waals surface area (Å²) in [6, 6.07) is 16.1. The summed E-state index contributed by atoms with van der Waals surface area (Å²) in [6.07, 6.45) is 3.71. The average Bonchev–Trinajstić information content (AvgIpc) is 3.22. The van der Waals surface area contributed by atoms with Crippen LogP contribution in [-0.2, 0) is 29.0 Å². The van der Waals surface area contributed by atoms with Gasteiger partial charge in [0.2, 0.25) is 11.8 Å². The minimum Gasteiger partial charge on any atom is -0.338 e. The van der Waals surface area contributed by atoms with Gasteiger partial charge in [0.1, 0.15) is 0 Å². The van der Waals surface area contributed by atoms with E-state index in [2.05, 4.69) is 17.4 Å². The molecule has 2 aromatic rings. The van der Waals surface area contributed by atoms with E-state index in [0.717, 1.165) is 24.1 Å². The van der Waals surface area contributed by atoms with Gasteiger partial charge in [0.05, 0.1) is 5.92 Å². The number of carbonyl (C=O) groups is 2. The fourth-order valence-corrected chi connectivity index (χ4v) is 3.80. The molecule has 0 spiro atoms. The van der Waals surface area contributed by atoms with Crippen LogP contribution in [0.15, 0.2) is 48.5 Å². The molecule has 0 saturated carbocycles. The third-order valence-electron chi connectivity index (χ3n) is 5.17. The quantitative estimate of drug-likeness (QED) is 0.934. The molecule has 4 heteroatoms. The zero-order valence-electron chi connectivity index (χ0n) is 14.2. The minimum atomic E-state index is -0.274. The van der Waals surface area contributed by atoms with Crippen molar-refractivity contribution in [3.05, 3.63) is 65.2 Å². The molecule has 4 rings (SSSR count). The van der Waals surface area contributed by atoms with E-state index in [0.29, 0.717) is 19.5 Å². The second-order valence-corrected chi connectivity index (χ2v) is 6.99. The van der Waals surface area contributed by atoms with Crippen molar-refractivity contribution in [3.63, 3.8) is 0 Å². The van der Waals surface area contributed by atoms with Crippen molar-refractivity contribution >= 4 is 17.5 Å². The number of nitrogens with zero attached hydrogens (tertiary/aromatic N) is 1. The summed E-state index contributed by atoms with van der Waals surface area (Å²) < 4.78 is 0. The number of aryl methyl sites for hydroxylation is 2. The van der Waals surface area contributed by atoms with E-state index in [1.165, 1.54) is 17.5 Å². The molecule has 2 aromatic carbocycles. The maximum atomic E-state index is 12.6. The van der Waals surface area contributed by atoms with E-state index in [4.69, 9.17) is 0 Å². The van der Waals surface area contributed by atoms with Gasteiger partial charge in [-0.05, 0) is 48.1 Å². The maximum absolute atomic E-state index is 12.6. The van der Waals surface area contributed by atoms with Crippen molar-refractivity contribution in [2.45, 2.75) is 32.2 Å². The Morgan fingerprint density at radius 1 is 1.08 bits per heavy atom. The van der Waals surface area contributed by atoms with Crippen LogP contribution in [0, 0.1) is 5.92 Å². The van der Waals surface area contributed by atoms with Crippen molar-refractivity contribution in [2.75, 3.05) is 11.9 Å². The molecule has 0 aromatic heterocycles. The second-order valence-electron chi connectivity index (χ2n) is 6.99. The fraction of sp³-hybridized carbons (Fsp3) is 0.333. The first-order valence-corrected chi connectivity index (χ1v) is 8.93. The van der Waals surface area contributed by atoms with Crippen molar-refractivity contribution in [1.82, 2.24) is 4.90 Å². The number of carbonyl (C=O) groups excluding carboxylic acids is 2. The fourth-order valence-electron chi connectivity index (χ4n) is 3.80. The standard InChI is InChI=1S/C21H22N2O2/c24-20-12-18(14-23(20)13-15-5-2-1-3-6-15)21(25)22-19-10-9-16-7-4-8-17(16)11-19/h1-3,5-6,9-11,18H,4,7-8,12-14H2,(H,22,25)/t18-/m0/s1. The SMILES string of the molecule is O=C(Nc1ccc2c(c1)CCC2)[C@H]1CC(=O)N(Cc2ccccc2)C1. The van der Waals surface area contributed by atoms with Crippen LogP contribution in [0.25, 0.3) is 0 Å². The van der Waals surface area contributed by atoms with Crippen LogP contribution in [0.1, 0.15) is 29.5 Å². The lowest BCUT2D eigenvalue weighted by atomic mass is 10.1. The predicted molar refractivity (Wildman–Crippen MR) is 97.1 cm³/mol. The van der Waals surface area contributed by atoms with E-state index in [-0.39, 0.29) is 17.7 Å². The van der Waals surface area contributed by atoms with Crippen LogP contribution in [0.5, 0.6) is 0 Å². The Hall–Kier alpha value is -2.62. The Kier molecular flexibility index (Phi) is 4.26. The highest BCUT2D eigenvalue weighted by molar-refractivity contribution is 5.97. The highest BCUT2D eigenvalue weighted by Gasteiger charge is 2.34. The van der Waals surface area contributed by atoms with E-state index < -0.39 is 0 Å². The molecule has 1 saturated heterocycles. The number of likely N-dealkylation sites (tertiary alicyclic amines) is 1. The van der Waals surface area contributed by atoms with Crippen LogP contribution in [0.2, 0.25) is 0 Å². The van der Waals surface area contributed by atoms with Gasteiger partial charge in [-0.25, -0.2) is 0 Å². The minimum absolute atomic E-state index is 0.0537. The first kappa shape index (κ1) is 15.9. The van der Waals surface area contributed by atoms with Gasteiger partial charge in [-0.2, -0.15) is 0 Å². The van der Waals surface area contributed by atoms with Gasteiger partial charge < -0.3 is 10.2 Å². The van der Waals surface area contributed by atoms with Gasteiger partial charge in [0, 0.05) is 25.2 Å². The molecule has 128 valence electrons. The Labute approximate surface area is 147 Å². The number of amides is 2. The Balaban J connectivity index is 1.39. The van der Waals surface area contributed by atoms with Crippen molar-refractivity contribution in [1.29, 1.82) is 0 Å². The van der Waals surface area contributed by atoms with Crippen LogP contribution in [0.3, 0.4) is 0 Å². The monoisotopic (exact) mass is 334 g/mol. The molecular weight excluding hydrogens is 312 g/mol. The summed E-state index contributed by atoms with van der Waals surface area (Å²) in [7, 11) is 0. The molecular formula is C21H22N2O2. The largest absolute Gasteiger partial charge is 0.338 e. The zero-order valence-corrected chi connectivity index (χ0v) is 14.2. The Morgan fingerprint density at radius 2 is 1.88 bits per heavy atom. The van der Waals surface area contributed by atoms with Crippen LogP contribution < -0.4 is 5.32 Å². The topological polar surface area (TPSA) is 49.4 Å². The van der Waals surface area contributed by atoms with Crippen molar-refractivity contribution < 1.29 is 9.59 Å². The first-order chi connectivity index (χ1) is 12.2. The van der Waals surface area contributed by atoms with Crippen LogP contribution in [-0.4, -0.2) is 23.3 Å². The molecule has 25 heavy (non-hydrogen) atoms. The van der Waals surface area contributed by atoms with E-state index in [9.17, 15) is 9.59 Å². The van der Waals surface area contributed by atoms with Gasteiger partial charge in [0.25, 0.3) is 0 Å². The molecule has 0 radical (unpaired) electrons. The molecule has 1 fully saturated rings. The van der Waals surface area contributed by atoms with E-state index in [1.807, 2.05) is 36.4 Å². The highest BCUT2D eigenvalue weighted by atomic mass is 16.2. The molecule has 1 aliphatic heterocycles.